The molecule has 0 radical (unpaired) electrons. The molecule has 1 aromatic heterocycles. The van der Waals surface area contributed by atoms with Crippen molar-refractivity contribution in [3.63, 3.8) is 0 Å². The van der Waals surface area contributed by atoms with Crippen LogP contribution in [0.25, 0.3) is 0 Å². The second-order valence-electron chi connectivity index (χ2n) is 4.45. The zero-order valence-corrected chi connectivity index (χ0v) is 11.3. The van der Waals surface area contributed by atoms with Crippen molar-refractivity contribution in [2.45, 2.75) is 30.7 Å². The summed E-state index contributed by atoms with van der Waals surface area (Å²) in [7, 11) is -3.56. The lowest BCUT2D eigenvalue weighted by molar-refractivity contribution is 0.346. The molecule has 0 atom stereocenters. The number of pyridine rings is 1. The Labute approximate surface area is 111 Å². The summed E-state index contributed by atoms with van der Waals surface area (Å²) in [5.41, 5.74) is -0.376. The molecule has 1 saturated heterocycles. The van der Waals surface area contributed by atoms with E-state index in [1.165, 1.54) is 22.6 Å². The van der Waals surface area contributed by atoms with Crippen LogP contribution in [-0.2, 0) is 16.6 Å². The molecule has 7 heteroatoms. The molecule has 102 valence electrons. The van der Waals surface area contributed by atoms with E-state index in [1.807, 2.05) is 6.07 Å². The first kappa shape index (κ1) is 13.8. The molecular formula is C12H15N3O3S. The second kappa shape index (κ2) is 5.55. The number of aromatic nitrogens is 1. The summed E-state index contributed by atoms with van der Waals surface area (Å²) >= 11 is 0. The van der Waals surface area contributed by atoms with Crippen LogP contribution in [-0.4, -0.2) is 30.4 Å². The molecule has 0 aromatic carbocycles. The van der Waals surface area contributed by atoms with Crippen molar-refractivity contribution in [3.05, 3.63) is 28.7 Å². The fourth-order valence-corrected chi connectivity index (χ4v) is 3.65. The number of nitrogens with zero attached hydrogens (tertiary/aromatic N) is 3. The number of hydrogen-bond acceptors (Lipinski definition) is 4. The van der Waals surface area contributed by atoms with Gasteiger partial charge < -0.3 is 4.57 Å². The van der Waals surface area contributed by atoms with Crippen LogP contribution in [0.2, 0.25) is 0 Å². The minimum atomic E-state index is -3.56. The van der Waals surface area contributed by atoms with E-state index in [2.05, 4.69) is 0 Å². The predicted octanol–water partition coefficient (Wildman–Crippen LogP) is 0.546. The van der Waals surface area contributed by atoms with Crippen LogP contribution < -0.4 is 5.56 Å². The summed E-state index contributed by atoms with van der Waals surface area (Å²) in [5, 5.41) is 8.62. The van der Waals surface area contributed by atoms with E-state index in [1.54, 1.807) is 0 Å². The lowest BCUT2D eigenvalue weighted by Crippen LogP contribution is -2.36. The molecule has 1 fully saturated rings. The van der Waals surface area contributed by atoms with Gasteiger partial charge in [0, 0.05) is 25.4 Å². The number of sulfonamides is 1. The molecule has 0 aliphatic carbocycles. The van der Waals surface area contributed by atoms with E-state index in [9.17, 15) is 13.2 Å². The van der Waals surface area contributed by atoms with Crippen molar-refractivity contribution < 1.29 is 8.42 Å². The molecule has 0 saturated carbocycles. The molecule has 1 aliphatic heterocycles. The van der Waals surface area contributed by atoms with Crippen LogP contribution in [0.15, 0.2) is 28.0 Å². The Hall–Kier alpha value is -1.65. The summed E-state index contributed by atoms with van der Waals surface area (Å²) in [6, 6.07) is 4.33. The minimum absolute atomic E-state index is 0.0734. The maximum Gasteiger partial charge on any atom is 0.251 e. The van der Waals surface area contributed by atoms with Crippen LogP contribution in [0.5, 0.6) is 0 Å². The van der Waals surface area contributed by atoms with Gasteiger partial charge in [0.15, 0.2) is 0 Å². The first-order valence-electron chi connectivity index (χ1n) is 6.13. The zero-order chi connectivity index (χ0) is 13.9. The van der Waals surface area contributed by atoms with E-state index in [0.717, 1.165) is 23.8 Å². The zero-order valence-electron chi connectivity index (χ0n) is 10.4. The lowest BCUT2D eigenvalue weighted by atomic mass is 10.2. The van der Waals surface area contributed by atoms with Gasteiger partial charge >= 0.3 is 0 Å². The number of hydrogen-bond donors (Lipinski definition) is 0. The van der Waals surface area contributed by atoms with Crippen molar-refractivity contribution >= 4 is 10.0 Å². The third-order valence-corrected chi connectivity index (χ3v) is 5.03. The SMILES string of the molecule is N#CCn1cc(S(=O)(=O)N2CCCCC2)ccc1=O. The lowest BCUT2D eigenvalue weighted by Gasteiger charge is -2.25. The molecule has 2 heterocycles. The molecule has 0 unspecified atom stereocenters. The quantitative estimate of drug-likeness (QED) is 0.810. The standard InChI is InChI=1S/C12H15N3O3S/c13-6-9-14-10-11(4-5-12(14)16)19(17,18)15-7-2-1-3-8-15/h4-5,10H,1-3,7-9H2. The maximum absolute atomic E-state index is 12.4. The van der Waals surface area contributed by atoms with E-state index >= 15 is 0 Å². The molecule has 0 amide bonds. The van der Waals surface area contributed by atoms with E-state index in [-0.39, 0.29) is 17.0 Å². The van der Waals surface area contributed by atoms with Crippen molar-refractivity contribution in [2.24, 2.45) is 0 Å². The van der Waals surface area contributed by atoms with Crippen molar-refractivity contribution in [2.75, 3.05) is 13.1 Å². The average molecular weight is 281 g/mol. The van der Waals surface area contributed by atoms with Gasteiger partial charge in [0.05, 0.1) is 11.0 Å². The molecule has 0 spiro atoms. The maximum atomic E-state index is 12.4. The summed E-state index contributed by atoms with van der Waals surface area (Å²) in [4.78, 5) is 11.5. The molecule has 6 nitrogen and oxygen atoms in total. The smallest absolute Gasteiger partial charge is 0.251 e. The van der Waals surface area contributed by atoms with Crippen LogP contribution in [0, 0.1) is 11.3 Å². The van der Waals surface area contributed by atoms with Crippen LogP contribution in [0.1, 0.15) is 19.3 Å². The monoisotopic (exact) mass is 281 g/mol. The minimum Gasteiger partial charge on any atom is -0.300 e. The summed E-state index contributed by atoms with van der Waals surface area (Å²) in [6.07, 6.45) is 4.00. The van der Waals surface area contributed by atoms with Gasteiger partial charge in [-0.15, -0.1) is 0 Å². The Morgan fingerprint density at radius 1 is 1.21 bits per heavy atom. The van der Waals surface area contributed by atoms with E-state index in [0.29, 0.717) is 13.1 Å². The van der Waals surface area contributed by atoms with Crippen molar-refractivity contribution in [1.82, 2.24) is 8.87 Å². The van der Waals surface area contributed by atoms with E-state index < -0.39 is 10.0 Å². The Morgan fingerprint density at radius 2 is 1.89 bits per heavy atom. The highest BCUT2D eigenvalue weighted by molar-refractivity contribution is 7.89. The normalized spacial score (nSPS) is 17.0. The largest absolute Gasteiger partial charge is 0.300 e. The molecule has 1 aliphatic rings. The van der Waals surface area contributed by atoms with Gasteiger partial charge in [0.1, 0.15) is 6.54 Å². The highest BCUT2D eigenvalue weighted by atomic mass is 32.2. The van der Waals surface area contributed by atoms with E-state index in [4.69, 9.17) is 5.26 Å². The van der Waals surface area contributed by atoms with Gasteiger partial charge in [-0.1, -0.05) is 6.42 Å². The Morgan fingerprint density at radius 3 is 2.53 bits per heavy atom. The third kappa shape index (κ3) is 2.85. The number of piperidine rings is 1. The molecule has 19 heavy (non-hydrogen) atoms. The fourth-order valence-electron chi connectivity index (χ4n) is 2.12. The highest BCUT2D eigenvalue weighted by Crippen LogP contribution is 2.19. The average Bonchev–Trinajstić information content (AvgIpc) is 2.42. The first-order valence-corrected chi connectivity index (χ1v) is 7.57. The van der Waals surface area contributed by atoms with Crippen LogP contribution in [0.4, 0.5) is 0 Å². The summed E-state index contributed by atoms with van der Waals surface area (Å²) in [6.45, 7) is 0.877. The molecule has 2 rings (SSSR count). The third-order valence-electron chi connectivity index (χ3n) is 3.15. The van der Waals surface area contributed by atoms with Gasteiger partial charge in [-0.2, -0.15) is 9.57 Å². The molecule has 1 aromatic rings. The van der Waals surface area contributed by atoms with Crippen molar-refractivity contribution in [1.29, 1.82) is 5.26 Å². The van der Waals surface area contributed by atoms with Crippen molar-refractivity contribution in [3.8, 4) is 6.07 Å². The van der Waals surface area contributed by atoms with Gasteiger partial charge in [-0.3, -0.25) is 4.79 Å². The van der Waals surface area contributed by atoms with Crippen LogP contribution in [0.3, 0.4) is 0 Å². The van der Waals surface area contributed by atoms with Gasteiger partial charge in [0.2, 0.25) is 10.0 Å². The van der Waals surface area contributed by atoms with Gasteiger partial charge in [-0.05, 0) is 18.9 Å². The Bertz CT molecular complexity index is 652. The Balaban J connectivity index is 2.37. The second-order valence-corrected chi connectivity index (χ2v) is 6.39. The highest BCUT2D eigenvalue weighted by Gasteiger charge is 2.26. The van der Waals surface area contributed by atoms with Gasteiger partial charge in [0.25, 0.3) is 5.56 Å². The first-order chi connectivity index (χ1) is 9.05. The Kier molecular flexibility index (Phi) is 4.02. The number of nitriles is 1. The predicted molar refractivity (Wildman–Crippen MR) is 68.9 cm³/mol. The van der Waals surface area contributed by atoms with Gasteiger partial charge in [-0.25, -0.2) is 8.42 Å². The topological polar surface area (TPSA) is 83.2 Å². The molecule has 0 N–H and O–H groups in total. The fraction of sp³-hybridized carbons (Fsp3) is 0.500. The molecular weight excluding hydrogens is 266 g/mol. The number of rotatable bonds is 3. The summed E-state index contributed by atoms with van der Waals surface area (Å²) in [5.74, 6) is 0. The molecule has 0 bridgehead atoms. The van der Waals surface area contributed by atoms with Crippen LogP contribution >= 0.6 is 0 Å². The summed E-state index contributed by atoms with van der Waals surface area (Å²) < 4.78 is 27.3.